The zero-order valence-corrected chi connectivity index (χ0v) is 26.7. The van der Waals surface area contributed by atoms with Gasteiger partial charge in [0.25, 0.3) is 5.91 Å². The fourth-order valence-electron chi connectivity index (χ4n) is 5.62. The Hall–Kier alpha value is -4.85. The van der Waals surface area contributed by atoms with Crippen LogP contribution in [0.3, 0.4) is 0 Å². The summed E-state index contributed by atoms with van der Waals surface area (Å²) in [7, 11) is 1.53. The fourth-order valence-corrected chi connectivity index (χ4v) is 5.62. The molecular formula is C37H42N4O4. The molecule has 0 radical (unpaired) electrons. The summed E-state index contributed by atoms with van der Waals surface area (Å²) < 4.78 is 5.48. The molecule has 1 heterocycles. The number of anilines is 2. The lowest BCUT2D eigenvalue weighted by Crippen LogP contribution is -2.56. The quantitative estimate of drug-likeness (QED) is 0.259. The van der Waals surface area contributed by atoms with Gasteiger partial charge in [-0.05, 0) is 68.1 Å². The summed E-state index contributed by atoms with van der Waals surface area (Å²) in [6, 6.07) is 30.7. The molecule has 234 valence electrons. The summed E-state index contributed by atoms with van der Waals surface area (Å²) in [5, 5.41) is 5.17. The highest BCUT2D eigenvalue weighted by Gasteiger charge is 2.36. The number of carbonyl (C=O) groups excluding carboxylic acids is 3. The van der Waals surface area contributed by atoms with E-state index in [1.165, 1.54) is 17.5 Å². The Balaban J connectivity index is 1.48. The van der Waals surface area contributed by atoms with Gasteiger partial charge in [-0.15, -0.1) is 0 Å². The molecule has 3 amide bonds. The average molecular weight is 607 g/mol. The van der Waals surface area contributed by atoms with E-state index in [4.69, 9.17) is 4.74 Å². The predicted octanol–water partition coefficient (Wildman–Crippen LogP) is 6.18. The van der Waals surface area contributed by atoms with E-state index >= 15 is 0 Å². The first-order valence-electron chi connectivity index (χ1n) is 15.4. The van der Waals surface area contributed by atoms with E-state index in [0.29, 0.717) is 13.1 Å². The highest BCUT2D eigenvalue weighted by Crippen LogP contribution is 2.35. The smallest absolute Gasteiger partial charge is 0.410 e. The van der Waals surface area contributed by atoms with Crippen molar-refractivity contribution in [2.24, 2.45) is 0 Å². The van der Waals surface area contributed by atoms with Crippen LogP contribution < -0.4 is 15.1 Å². The number of rotatable bonds is 8. The molecule has 2 atom stereocenters. The third-order valence-electron chi connectivity index (χ3n) is 8.16. The van der Waals surface area contributed by atoms with Gasteiger partial charge in [0.15, 0.2) is 0 Å². The summed E-state index contributed by atoms with van der Waals surface area (Å²) in [6.45, 7) is 8.23. The SMILES string of the molecule is C[C@@H](C(=O)N[C@H]1CN(CCc2ccccc2)c2ccccc2N(Cc2cccc3ccccc23)C1=O)N(C)C(=O)OC(C)(C)C. The van der Waals surface area contributed by atoms with Gasteiger partial charge in [-0.25, -0.2) is 4.79 Å². The molecule has 0 bridgehead atoms. The normalized spacial score (nSPS) is 15.7. The molecule has 45 heavy (non-hydrogen) atoms. The average Bonchev–Trinajstić information content (AvgIpc) is 3.13. The fraction of sp³-hybridized carbons (Fsp3) is 0.324. The van der Waals surface area contributed by atoms with E-state index in [1.807, 2.05) is 66.7 Å². The zero-order chi connectivity index (χ0) is 32.1. The third-order valence-corrected chi connectivity index (χ3v) is 8.16. The Labute approximate surface area is 265 Å². The van der Waals surface area contributed by atoms with E-state index in [0.717, 1.165) is 34.1 Å². The molecule has 1 aliphatic heterocycles. The van der Waals surface area contributed by atoms with Crippen molar-refractivity contribution in [2.45, 2.75) is 58.3 Å². The number of nitrogens with zero attached hydrogens (tertiary/aromatic N) is 3. The Kier molecular flexibility index (Phi) is 9.42. The lowest BCUT2D eigenvalue weighted by Gasteiger charge is -2.30. The number of amides is 3. The number of ether oxygens (including phenoxy) is 1. The third kappa shape index (κ3) is 7.45. The first-order chi connectivity index (χ1) is 21.5. The van der Waals surface area contributed by atoms with E-state index < -0.39 is 29.7 Å². The number of hydrogen-bond acceptors (Lipinski definition) is 5. The summed E-state index contributed by atoms with van der Waals surface area (Å²) in [4.78, 5) is 46.1. The van der Waals surface area contributed by atoms with Crippen LogP contribution in [-0.2, 0) is 27.3 Å². The van der Waals surface area contributed by atoms with Crippen molar-refractivity contribution in [3.8, 4) is 0 Å². The Bertz CT molecular complexity index is 1660. The highest BCUT2D eigenvalue weighted by atomic mass is 16.6. The number of para-hydroxylation sites is 2. The summed E-state index contributed by atoms with van der Waals surface area (Å²) in [5.41, 5.74) is 3.21. The minimum atomic E-state index is -0.859. The standard InChI is InChI=1S/C37H42N4O4/c1-26(39(5)36(44)45-37(2,3)4)34(42)38-31-25-40(23-22-27-14-7-6-8-15-27)32-20-11-12-21-33(32)41(35(31)43)24-29-18-13-17-28-16-9-10-19-30(28)29/h6-21,26,31H,22-25H2,1-5H3,(H,38,42)/t26-,31-/m0/s1. The number of nitrogens with one attached hydrogen (secondary N) is 1. The Morgan fingerprint density at radius 2 is 1.56 bits per heavy atom. The largest absolute Gasteiger partial charge is 0.444 e. The zero-order valence-electron chi connectivity index (χ0n) is 26.7. The molecule has 4 aromatic rings. The van der Waals surface area contributed by atoms with Crippen LogP contribution in [-0.4, -0.2) is 60.6 Å². The van der Waals surface area contributed by atoms with Gasteiger partial charge in [0, 0.05) is 20.1 Å². The van der Waals surface area contributed by atoms with Gasteiger partial charge in [0.1, 0.15) is 17.7 Å². The Morgan fingerprint density at radius 1 is 0.911 bits per heavy atom. The molecule has 5 rings (SSSR count). The van der Waals surface area contributed by atoms with E-state index in [2.05, 4.69) is 40.5 Å². The molecule has 0 saturated carbocycles. The molecule has 0 aliphatic carbocycles. The second-order valence-electron chi connectivity index (χ2n) is 12.6. The summed E-state index contributed by atoms with van der Waals surface area (Å²) in [5.74, 6) is -0.640. The van der Waals surface area contributed by atoms with Crippen molar-refractivity contribution in [1.82, 2.24) is 10.2 Å². The maximum absolute atomic E-state index is 14.5. The maximum atomic E-state index is 14.5. The molecule has 1 N–H and O–H groups in total. The minimum absolute atomic E-state index is 0.210. The lowest BCUT2D eigenvalue weighted by molar-refractivity contribution is -0.130. The molecule has 0 saturated heterocycles. The molecule has 1 aliphatic rings. The van der Waals surface area contributed by atoms with Gasteiger partial charge in [-0.1, -0.05) is 84.9 Å². The maximum Gasteiger partial charge on any atom is 0.410 e. The van der Waals surface area contributed by atoms with E-state index in [1.54, 1.807) is 32.6 Å². The van der Waals surface area contributed by atoms with Crippen molar-refractivity contribution >= 4 is 40.1 Å². The second-order valence-corrected chi connectivity index (χ2v) is 12.6. The molecule has 0 fully saturated rings. The van der Waals surface area contributed by atoms with Crippen LogP contribution in [0.1, 0.15) is 38.8 Å². The van der Waals surface area contributed by atoms with Crippen LogP contribution in [0.5, 0.6) is 0 Å². The minimum Gasteiger partial charge on any atom is -0.444 e. The summed E-state index contributed by atoms with van der Waals surface area (Å²) >= 11 is 0. The van der Waals surface area contributed by atoms with Crippen LogP contribution in [0.2, 0.25) is 0 Å². The number of benzene rings is 4. The van der Waals surface area contributed by atoms with Crippen LogP contribution in [0, 0.1) is 0 Å². The number of carbonyl (C=O) groups is 3. The van der Waals surface area contributed by atoms with Gasteiger partial charge in [-0.2, -0.15) is 0 Å². The van der Waals surface area contributed by atoms with Crippen LogP contribution in [0.25, 0.3) is 10.8 Å². The van der Waals surface area contributed by atoms with Crippen LogP contribution in [0.15, 0.2) is 97.1 Å². The van der Waals surface area contributed by atoms with Crippen molar-refractivity contribution in [1.29, 1.82) is 0 Å². The van der Waals surface area contributed by atoms with Gasteiger partial charge < -0.3 is 19.9 Å². The monoisotopic (exact) mass is 606 g/mol. The molecule has 8 nitrogen and oxygen atoms in total. The number of hydrogen-bond donors (Lipinski definition) is 1. The van der Waals surface area contributed by atoms with Crippen molar-refractivity contribution in [2.75, 3.05) is 29.9 Å². The molecule has 0 aromatic heterocycles. The highest BCUT2D eigenvalue weighted by molar-refractivity contribution is 6.04. The van der Waals surface area contributed by atoms with Crippen molar-refractivity contribution in [3.63, 3.8) is 0 Å². The molecule has 0 unspecified atom stereocenters. The Morgan fingerprint density at radius 3 is 2.29 bits per heavy atom. The van der Waals surface area contributed by atoms with Gasteiger partial charge in [-0.3, -0.25) is 14.5 Å². The topological polar surface area (TPSA) is 82.2 Å². The van der Waals surface area contributed by atoms with Gasteiger partial charge >= 0.3 is 6.09 Å². The van der Waals surface area contributed by atoms with Gasteiger partial charge in [0.05, 0.1) is 17.9 Å². The predicted molar refractivity (Wildman–Crippen MR) is 179 cm³/mol. The lowest BCUT2D eigenvalue weighted by atomic mass is 10.0. The molecule has 8 heteroatoms. The van der Waals surface area contributed by atoms with Crippen LogP contribution in [0.4, 0.5) is 16.2 Å². The summed E-state index contributed by atoms with van der Waals surface area (Å²) in [6.07, 6.45) is 0.164. The molecular weight excluding hydrogens is 564 g/mol. The van der Waals surface area contributed by atoms with Crippen molar-refractivity contribution < 1.29 is 19.1 Å². The van der Waals surface area contributed by atoms with E-state index in [9.17, 15) is 14.4 Å². The van der Waals surface area contributed by atoms with Gasteiger partial charge in [0.2, 0.25) is 5.91 Å². The molecule has 4 aromatic carbocycles. The first-order valence-corrected chi connectivity index (χ1v) is 15.4. The number of fused-ring (bicyclic) bond motifs is 2. The van der Waals surface area contributed by atoms with Crippen molar-refractivity contribution in [3.05, 3.63) is 108 Å². The first kappa shape index (κ1) is 31.6. The van der Waals surface area contributed by atoms with E-state index in [-0.39, 0.29) is 12.5 Å². The van der Waals surface area contributed by atoms with Crippen LogP contribution >= 0.6 is 0 Å². The molecule has 0 spiro atoms. The number of likely N-dealkylation sites (N-methyl/N-ethyl adjacent to an activating group) is 1. The second kappa shape index (κ2) is 13.4.